The van der Waals surface area contributed by atoms with Crippen molar-refractivity contribution < 1.29 is 9.59 Å². The Labute approximate surface area is 131 Å². The van der Waals surface area contributed by atoms with Crippen LogP contribution in [0.3, 0.4) is 0 Å². The van der Waals surface area contributed by atoms with Crippen molar-refractivity contribution in [1.82, 2.24) is 5.32 Å². The standard InChI is InChI=1S/C18H24N2O2/c21-17(11-8-13-4-1-2-5-13)19-16-7-3-6-14(12-16)18(22)20-15-9-10-15/h3,6-7,12-13,15H,1-2,4-5,8-11H2,(H,19,21)(H,20,22). The van der Waals surface area contributed by atoms with Crippen molar-refractivity contribution >= 4 is 17.5 Å². The maximum atomic E-state index is 12.0. The molecule has 0 atom stereocenters. The van der Waals surface area contributed by atoms with Gasteiger partial charge in [-0.05, 0) is 43.4 Å². The second-order valence-corrected chi connectivity index (χ2v) is 6.57. The lowest BCUT2D eigenvalue weighted by atomic mass is 10.0. The molecule has 4 heteroatoms. The minimum absolute atomic E-state index is 0.0478. The van der Waals surface area contributed by atoms with E-state index < -0.39 is 0 Å². The fraction of sp³-hybridized carbons (Fsp3) is 0.556. The highest BCUT2D eigenvalue weighted by atomic mass is 16.2. The Balaban J connectivity index is 1.50. The maximum Gasteiger partial charge on any atom is 0.251 e. The molecule has 3 rings (SSSR count). The number of benzene rings is 1. The summed E-state index contributed by atoms with van der Waals surface area (Å²) in [4.78, 5) is 24.0. The SMILES string of the molecule is O=C(CCC1CCCC1)Nc1cccc(C(=O)NC2CC2)c1. The van der Waals surface area contributed by atoms with Gasteiger partial charge in [0, 0.05) is 23.7 Å². The van der Waals surface area contributed by atoms with Crippen LogP contribution < -0.4 is 10.6 Å². The summed E-state index contributed by atoms with van der Waals surface area (Å²) < 4.78 is 0. The molecule has 0 bridgehead atoms. The van der Waals surface area contributed by atoms with E-state index >= 15 is 0 Å². The van der Waals surface area contributed by atoms with Gasteiger partial charge < -0.3 is 10.6 Å². The van der Waals surface area contributed by atoms with Crippen LogP contribution in [0.5, 0.6) is 0 Å². The van der Waals surface area contributed by atoms with Gasteiger partial charge in [-0.15, -0.1) is 0 Å². The molecule has 4 nitrogen and oxygen atoms in total. The average molecular weight is 300 g/mol. The van der Waals surface area contributed by atoms with Crippen molar-refractivity contribution in [3.63, 3.8) is 0 Å². The van der Waals surface area contributed by atoms with E-state index in [1.807, 2.05) is 12.1 Å². The summed E-state index contributed by atoms with van der Waals surface area (Å²) in [7, 11) is 0. The zero-order chi connectivity index (χ0) is 15.4. The number of amides is 2. The predicted octanol–water partition coefficient (Wildman–Crippen LogP) is 3.49. The monoisotopic (exact) mass is 300 g/mol. The van der Waals surface area contributed by atoms with Crippen molar-refractivity contribution in [1.29, 1.82) is 0 Å². The highest BCUT2D eigenvalue weighted by Crippen LogP contribution is 2.28. The number of hydrogen-bond donors (Lipinski definition) is 2. The second-order valence-electron chi connectivity index (χ2n) is 6.57. The fourth-order valence-electron chi connectivity index (χ4n) is 3.09. The second kappa shape index (κ2) is 6.95. The molecule has 2 saturated carbocycles. The van der Waals surface area contributed by atoms with Crippen LogP contribution in [0.1, 0.15) is 61.7 Å². The molecule has 2 aliphatic carbocycles. The molecule has 0 radical (unpaired) electrons. The molecule has 2 fully saturated rings. The number of carbonyl (C=O) groups excluding carboxylic acids is 2. The highest BCUT2D eigenvalue weighted by Gasteiger charge is 2.23. The molecule has 0 unspecified atom stereocenters. The summed E-state index contributed by atoms with van der Waals surface area (Å²) in [6.45, 7) is 0. The normalized spacial score (nSPS) is 18.2. The van der Waals surface area contributed by atoms with Gasteiger partial charge >= 0.3 is 0 Å². The Morgan fingerprint density at radius 3 is 2.59 bits per heavy atom. The summed E-state index contributed by atoms with van der Waals surface area (Å²) in [6, 6.07) is 7.53. The van der Waals surface area contributed by atoms with Crippen LogP contribution in [-0.2, 0) is 4.79 Å². The lowest BCUT2D eigenvalue weighted by molar-refractivity contribution is -0.116. The van der Waals surface area contributed by atoms with Crippen molar-refractivity contribution in [2.75, 3.05) is 5.32 Å². The third-order valence-electron chi connectivity index (χ3n) is 4.58. The first-order chi connectivity index (χ1) is 10.7. The quantitative estimate of drug-likeness (QED) is 0.845. The largest absolute Gasteiger partial charge is 0.349 e. The average Bonchev–Trinajstić information content (AvgIpc) is 3.17. The lowest BCUT2D eigenvalue weighted by Gasteiger charge is -2.10. The fourth-order valence-corrected chi connectivity index (χ4v) is 3.09. The van der Waals surface area contributed by atoms with Crippen molar-refractivity contribution in [3.8, 4) is 0 Å². The summed E-state index contributed by atoms with van der Waals surface area (Å²) in [5.41, 5.74) is 1.32. The molecule has 0 saturated heterocycles. The van der Waals surface area contributed by atoms with Gasteiger partial charge in [-0.2, -0.15) is 0 Å². The zero-order valence-corrected chi connectivity index (χ0v) is 12.9. The molecule has 0 aliphatic heterocycles. The van der Waals surface area contributed by atoms with Crippen LogP contribution in [-0.4, -0.2) is 17.9 Å². The van der Waals surface area contributed by atoms with Gasteiger partial charge in [0.25, 0.3) is 5.91 Å². The summed E-state index contributed by atoms with van der Waals surface area (Å²) in [6.07, 6.45) is 8.85. The third-order valence-corrected chi connectivity index (χ3v) is 4.58. The number of anilines is 1. The Hall–Kier alpha value is -1.84. The van der Waals surface area contributed by atoms with Gasteiger partial charge in [0.15, 0.2) is 0 Å². The van der Waals surface area contributed by atoms with Gasteiger partial charge in [0.2, 0.25) is 5.91 Å². The van der Waals surface area contributed by atoms with E-state index in [1.54, 1.807) is 12.1 Å². The van der Waals surface area contributed by atoms with E-state index in [0.29, 0.717) is 23.7 Å². The van der Waals surface area contributed by atoms with E-state index in [1.165, 1.54) is 25.7 Å². The molecule has 0 heterocycles. The van der Waals surface area contributed by atoms with Crippen molar-refractivity contribution in [3.05, 3.63) is 29.8 Å². The Morgan fingerprint density at radius 1 is 1.09 bits per heavy atom. The Bertz CT molecular complexity index is 546. The van der Waals surface area contributed by atoms with Crippen molar-refractivity contribution in [2.24, 2.45) is 5.92 Å². The van der Waals surface area contributed by atoms with Crippen LogP contribution in [0.15, 0.2) is 24.3 Å². The first-order valence-corrected chi connectivity index (χ1v) is 8.41. The van der Waals surface area contributed by atoms with Gasteiger partial charge in [-0.1, -0.05) is 31.7 Å². The Morgan fingerprint density at radius 2 is 1.86 bits per heavy atom. The topological polar surface area (TPSA) is 58.2 Å². The molecule has 22 heavy (non-hydrogen) atoms. The number of rotatable bonds is 6. The molecule has 2 aliphatic rings. The minimum Gasteiger partial charge on any atom is -0.349 e. The molecule has 1 aromatic rings. The summed E-state index contributed by atoms with van der Waals surface area (Å²) in [5.74, 6) is 0.720. The highest BCUT2D eigenvalue weighted by molar-refractivity contribution is 5.97. The van der Waals surface area contributed by atoms with E-state index in [-0.39, 0.29) is 11.8 Å². The van der Waals surface area contributed by atoms with Gasteiger partial charge in [0.1, 0.15) is 0 Å². The lowest BCUT2D eigenvalue weighted by Crippen LogP contribution is -2.25. The van der Waals surface area contributed by atoms with Crippen LogP contribution in [0.25, 0.3) is 0 Å². The number of carbonyl (C=O) groups is 2. The Kier molecular flexibility index (Phi) is 4.76. The van der Waals surface area contributed by atoms with Crippen LogP contribution >= 0.6 is 0 Å². The first kappa shape index (κ1) is 15.1. The van der Waals surface area contributed by atoms with Gasteiger partial charge in [-0.3, -0.25) is 9.59 Å². The smallest absolute Gasteiger partial charge is 0.251 e. The predicted molar refractivity (Wildman–Crippen MR) is 86.8 cm³/mol. The van der Waals surface area contributed by atoms with E-state index in [4.69, 9.17) is 0 Å². The molecular weight excluding hydrogens is 276 g/mol. The van der Waals surface area contributed by atoms with E-state index in [0.717, 1.165) is 25.2 Å². The van der Waals surface area contributed by atoms with E-state index in [9.17, 15) is 9.59 Å². The van der Waals surface area contributed by atoms with Crippen LogP contribution in [0.2, 0.25) is 0 Å². The third kappa shape index (κ3) is 4.33. The molecule has 2 amide bonds. The summed E-state index contributed by atoms with van der Waals surface area (Å²) in [5, 5.41) is 5.87. The molecule has 118 valence electrons. The maximum absolute atomic E-state index is 12.0. The molecule has 1 aromatic carbocycles. The van der Waals surface area contributed by atoms with Gasteiger partial charge in [0.05, 0.1) is 0 Å². The van der Waals surface area contributed by atoms with Crippen LogP contribution in [0.4, 0.5) is 5.69 Å². The number of hydrogen-bond acceptors (Lipinski definition) is 2. The minimum atomic E-state index is -0.0513. The molecule has 2 N–H and O–H groups in total. The number of nitrogens with one attached hydrogen (secondary N) is 2. The summed E-state index contributed by atoms with van der Waals surface area (Å²) >= 11 is 0. The van der Waals surface area contributed by atoms with Gasteiger partial charge in [-0.25, -0.2) is 0 Å². The zero-order valence-electron chi connectivity index (χ0n) is 12.9. The van der Waals surface area contributed by atoms with E-state index in [2.05, 4.69) is 10.6 Å². The molecular formula is C18H24N2O2. The first-order valence-electron chi connectivity index (χ1n) is 8.41. The van der Waals surface area contributed by atoms with Crippen molar-refractivity contribution in [2.45, 2.75) is 57.4 Å². The van der Waals surface area contributed by atoms with Crippen LogP contribution in [0, 0.1) is 5.92 Å². The molecule has 0 spiro atoms. The molecule has 0 aromatic heterocycles.